The standard InChI is InChI=1S/C14H16N2O/c1-3-16(14(17)15-2)13-10-6-8-11-7-4-5-9-12(11)13/h4-10H,3H2,1-2H3,(H,15,17). The van der Waals surface area contributed by atoms with Crippen LogP contribution in [0.1, 0.15) is 6.92 Å². The molecular weight excluding hydrogens is 212 g/mol. The summed E-state index contributed by atoms with van der Waals surface area (Å²) in [5, 5.41) is 4.91. The number of hydrogen-bond acceptors (Lipinski definition) is 1. The van der Waals surface area contributed by atoms with E-state index in [4.69, 9.17) is 0 Å². The minimum absolute atomic E-state index is 0.0798. The number of nitrogens with zero attached hydrogens (tertiary/aromatic N) is 1. The Bertz CT molecular complexity index is 531. The molecule has 2 rings (SSSR count). The number of benzene rings is 2. The lowest BCUT2D eigenvalue weighted by molar-refractivity contribution is 0.248. The van der Waals surface area contributed by atoms with Crippen LogP contribution in [0.5, 0.6) is 0 Å². The molecule has 0 aliphatic carbocycles. The van der Waals surface area contributed by atoms with Gasteiger partial charge < -0.3 is 5.32 Å². The van der Waals surface area contributed by atoms with E-state index in [1.807, 2.05) is 37.3 Å². The maximum Gasteiger partial charge on any atom is 0.321 e. The SMILES string of the molecule is CCN(C(=O)NC)c1cccc2ccccc12. The molecule has 0 fully saturated rings. The second kappa shape index (κ2) is 4.87. The van der Waals surface area contributed by atoms with Gasteiger partial charge in [-0.3, -0.25) is 4.90 Å². The van der Waals surface area contributed by atoms with Crippen molar-refractivity contribution in [2.45, 2.75) is 6.92 Å². The first-order valence-corrected chi connectivity index (χ1v) is 5.75. The van der Waals surface area contributed by atoms with Gasteiger partial charge in [0.05, 0.1) is 5.69 Å². The van der Waals surface area contributed by atoms with Crippen molar-refractivity contribution in [3.8, 4) is 0 Å². The molecule has 2 amide bonds. The van der Waals surface area contributed by atoms with Gasteiger partial charge in [0.15, 0.2) is 0 Å². The summed E-state index contributed by atoms with van der Waals surface area (Å²) in [6.07, 6.45) is 0. The fourth-order valence-electron chi connectivity index (χ4n) is 2.00. The van der Waals surface area contributed by atoms with Gasteiger partial charge >= 0.3 is 6.03 Å². The van der Waals surface area contributed by atoms with Crippen LogP contribution in [0.2, 0.25) is 0 Å². The molecule has 0 atom stereocenters. The summed E-state index contributed by atoms with van der Waals surface area (Å²) in [5.74, 6) is 0. The Labute approximate surface area is 101 Å². The van der Waals surface area contributed by atoms with E-state index < -0.39 is 0 Å². The van der Waals surface area contributed by atoms with Gasteiger partial charge in [0.25, 0.3) is 0 Å². The van der Waals surface area contributed by atoms with E-state index >= 15 is 0 Å². The Balaban J connectivity index is 2.57. The second-order valence-corrected chi connectivity index (χ2v) is 3.80. The third-order valence-corrected chi connectivity index (χ3v) is 2.83. The van der Waals surface area contributed by atoms with Gasteiger partial charge in [0.1, 0.15) is 0 Å². The van der Waals surface area contributed by atoms with Crippen LogP contribution in [-0.4, -0.2) is 19.6 Å². The maximum absolute atomic E-state index is 11.8. The summed E-state index contributed by atoms with van der Waals surface area (Å²) < 4.78 is 0. The topological polar surface area (TPSA) is 32.3 Å². The highest BCUT2D eigenvalue weighted by Gasteiger charge is 2.13. The number of urea groups is 1. The fourth-order valence-corrected chi connectivity index (χ4v) is 2.00. The first kappa shape index (κ1) is 11.5. The molecule has 3 nitrogen and oxygen atoms in total. The number of carbonyl (C=O) groups is 1. The second-order valence-electron chi connectivity index (χ2n) is 3.80. The molecule has 2 aromatic carbocycles. The summed E-state index contributed by atoms with van der Waals surface area (Å²) in [6, 6.07) is 14.0. The fraction of sp³-hybridized carbons (Fsp3) is 0.214. The Morgan fingerprint density at radius 1 is 1.18 bits per heavy atom. The van der Waals surface area contributed by atoms with Crippen LogP contribution in [0.4, 0.5) is 10.5 Å². The van der Waals surface area contributed by atoms with E-state index in [0.29, 0.717) is 6.54 Å². The zero-order chi connectivity index (χ0) is 12.3. The van der Waals surface area contributed by atoms with Crippen LogP contribution in [0, 0.1) is 0 Å². The molecule has 0 aliphatic heterocycles. The summed E-state index contributed by atoms with van der Waals surface area (Å²) in [4.78, 5) is 13.5. The number of rotatable bonds is 2. The van der Waals surface area contributed by atoms with E-state index in [1.54, 1.807) is 11.9 Å². The van der Waals surface area contributed by atoms with Crippen LogP contribution in [0.25, 0.3) is 10.8 Å². The lowest BCUT2D eigenvalue weighted by Crippen LogP contribution is -2.38. The van der Waals surface area contributed by atoms with E-state index in [1.165, 1.54) is 0 Å². The minimum Gasteiger partial charge on any atom is -0.341 e. The third kappa shape index (κ3) is 2.09. The van der Waals surface area contributed by atoms with Crippen molar-refractivity contribution >= 4 is 22.5 Å². The molecule has 0 heterocycles. The van der Waals surface area contributed by atoms with Gasteiger partial charge in [-0.25, -0.2) is 4.79 Å². The quantitative estimate of drug-likeness (QED) is 0.842. The monoisotopic (exact) mass is 228 g/mol. The van der Waals surface area contributed by atoms with Crippen LogP contribution in [-0.2, 0) is 0 Å². The normalized spacial score (nSPS) is 10.2. The molecule has 17 heavy (non-hydrogen) atoms. The van der Waals surface area contributed by atoms with Gasteiger partial charge in [-0.05, 0) is 18.4 Å². The van der Waals surface area contributed by atoms with Crippen molar-refractivity contribution in [2.24, 2.45) is 0 Å². The lowest BCUT2D eigenvalue weighted by atomic mass is 10.1. The number of carbonyl (C=O) groups excluding carboxylic acids is 1. The van der Waals surface area contributed by atoms with E-state index in [2.05, 4.69) is 17.4 Å². The summed E-state index contributed by atoms with van der Waals surface area (Å²) >= 11 is 0. The number of anilines is 1. The molecule has 0 unspecified atom stereocenters. The van der Waals surface area contributed by atoms with Crippen molar-refractivity contribution in [1.82, 2.24) is 5.32 Å². The van der Waals surface area contributed by atoms with Crippen molar-refractivity contribution in [2.75, 3.05) is 18.5 Å². The van der Waals surface area contributed by atoms with Crippen molar-refractivity contribution in [1.29, 1.82) is 0 Å². The molecule has 0 aliphatic rings. The summed E-state index contributed by atoms with van der Waals surface area (Å²) in [5.41, 5.74) is 0.949. The molecule has 0 bridgehead atoms. The number of hydrogen-bond donors (Lipinski definition) is 1. The molecule has 88 valence electrons. The van der Waals surface area contributed by atoms with Crippen LogP contribution in [0.3, 0.4) is 0 Å². The average molecular weight is 228 g/mol. The van der Waals surface area contributed by atoms with Gasteiger partial charge in [0.2, 0.25) is 0 Å². The Morgan fingerprint density at radius 3 is 2.59 bits per heavy atom. The molecular formula is C14H16N2O. The molecule has 3 heteroatoms. The zero-order valence-electron chi connectivity index (χ0n) is 10.1. The first-order chi connectivity index (χ1) is 8.27. The summed E-state index contributed by atoms with van der Waals surface area (Å²) in [7, 11) is 1.65. The van der Waals surface area contributed by atoms with Gasteiger partial charge in [0, 0.05) is 19.0 Å². The molecule has 0 spiro atoms. The molecule has 2 aromatic rings. The van der Waals surface area contributed by atoms with Gasteiger partial charge in [-0.1, -0.05) is 36.4 Å². The molecule has 0 saturated carbocycles. The minimum atomic E-state index is -0.0798. The Morgan fingerprint density at radius 2 is 1.88 bits per heavy atom. The van der Waals surface area contributed by atoms with Crippen molar-refractivity contribution in [3.05, 3.63) is 42.5 Å². The van der Waals surface area contributed by atoms with E-state index in [9.17, 15) is 4.79 Å². The smallest absolute Gasteiger partial charge is 0.321 e. The largest absolute Gasteiger partial charge is 0.341 e. The predicted octanol–water partition coefficient (Wildman–Crippen LogP) is 3.01. The van der Waals surface area contributed by atoms with Crippen LogP contribution < -0.4 is 10.2 Å². The number of fused-ring (bicyclic) bond motifs is 1. The predicted molar refractivity (Wildman–Crippen MR) is 71.4 cm³/mol. The molecule has 0 saturated heterocycles. The van der Waals surface area contributed by atoms with Gasteiger partial charge in [-0.2, -0.15) is 0 Å². The average Bonchev–Trinajstić information content (AvgIpc) is 2.39. The molecule has 0 aromatic heterocycles. The van der Waals surface area contributed by atoms with Crippen molar-refractivity contribution in [3.63, 3.8) is 0 Å². The molecule has 1 N–H and O–H groups in total. The van der Waals surface area contributed by atoms with E-state index in [-0.39, 0.29) is 6.03 Å². The third-order valence-electron chi connectivity index (χ3n) is 2.83. The maximum atomic E-state index is 11.8. The Hall–Kier alpha value is -2.03. The number of amides is 2. The highest BCUT2D eigenvalue weighted by molar-refractivity contribution is 6.02. The zero-order valence-corrected chi connectivity index (χ0v) is 10.1. The van der Waals surface area contributed by atoms with Crippen LogP contribution in [0.15, 0.2) is 42.5 Å². The first-order valence-electron chi connectivity index (χ1n) is 5.75. The highest BCUT2D eigenvalue weighted by Crippen LogP contribution is 2.26. The van der Waals surface area contributed by atoms with E-state index in [0.717, 1.165) is 16.5 Å². The highest BCUT2D eigenvalue weighted by atomic mass is 16.2. The van der Waals surface area contributed by atoms with Gasteiger partial charge in [-0.15, -0.1) is 0 Å². The number of nitrogens with one attached hydrogen (secondary N) is 1. The molecule has 0 radical (unpaired) electrons. The Kier molecular flexibility index (Phi) is 3.28. The van der Waals surface area contributed by atoms with Crippen molar-refractivity contribution < 1.29 is 4.79 Å². The summed E-state index contributed by atoms with van der Waals surface area (Å²) in [6.45, 7) is 2.62. The lowest BCUT2D eigenvalue weighted by Gasteiger charge is -2.22. The van der Waals surface area contributed by atoms with Crippen LogP contribution >= 0.6 is 0 Å².